The number of nitrogens with zero attached hydrogens (tertiary/aromatic N) is 4. The van der Waals surface area contributed by atoms with E-state index in [1.54, 1.807) is 24.3 Å². The number of benzene rings is 1. The maximum absolute atomic E-state index is 12.4. The zero-order valence-corrected chi connectivity index (χ0v) is 13.4. The van der Waals surface area contributed by atoms with Crippen LogP contribution in [0, 0.1) is 0 Å². The minimum Gasteiger partial charge on any atom is -0.497 e. The summed E-state index contributed by atoms with van der Waals surface area (Å²) in [6.07, 6.45) is 6.56. The quantitative estimate of drug-likeness (QED) is 0.848. The molecule has 2 aromatic rings. The summed E-state index contributed by atoms with van der Waals surface area (Å²) in [7, 11) is 1.65. The monoisotopic (exact) mass is 314 g/mol. The van der Waals surface area contributed by atoms with Crippen LogP contribution in [0.5, 0.6) is 5.75 Å². The molecule has 6 heteroatoms. The highest BCUT2D eigenvalue weighted by Gasteiger charge is 2.24. The van der Waals surface area contributed by atoms with Gasteiger partial charge in [-0.3, -0.25) is 4.79 Å². The van der Waals surface area contributed by atoms with Crippen LogP contribution in [0.3, 0.4) is 0 Å². The lowest BCUT2D eigenvalue weighted by atomic mass is 10.0. The number of methoxy groups -OCH3 is 1. The molecule has 3 rings (SSSR count). The highest BCUT2D eigenvalue weighted by Crippen LogP contribution is 2.21. The molecular weight excluding hydrogens is 292 g/mol. The molecule has 2 heterocycles. The van der Waals surface area contributed by atoms with Gasteiger partial charge < -0.3 is 9.64 Å². The van der Waals surface area contributed by atoms with Crippen LogP contribution in [0.4, 0.5) is 0 Å². The van der Waals surface area contributed by atoms with Crippen molar-refractivity contribution in [1.82, 2.24) is 19.9 Å². The van der Waals surface area contributed by atoms with Gasteiger partial charge in [0.15, 0.2) is 0 Å². The van der Waals surface area contributed by atoms with Gasteiger partial charge in [-0.25, -0.2) is 0 Å². The van der Waals surface area contributed by atoms with Crippen molar-refractivity contribution in [3.63, 3.8) is 0 Å². The van der Waals surface area contributed by atoms with Gasteiger partial charge in [0.1, 0.15) is 5.75 Å². The third-order valence-corrected chi connectivity index (χ3v) is 4.37. The van der Waals surface area contributed by atoms with E-state index in [0.29, 0.717) is 12.5 Å². The Morgan fingerprint density at radius 3 is 2.43 bits per heavy atom. The van der Waals surface area contributed by atoms with Gasteiger partial charge in [-0.15, -0.1) is 0 Å². The first-order valence-corrected chi connectivity index (χ1v) is 8.03. The minimum absolute atomic E-state index is 0.229. The summed E-state index contributed by atoms with van der Waals surface area (Å²) in [6.45, 7) is 1.57. The molecule has 1 fully saturated rings. The lowest BCUT2D eigenvalue weighted by Crippen LogP contribution is -2.39. The molecule has 0 spiro atoms. The third-order valence-electron chi connectivity index (χ3n) is 4.37. The van der Waals surface area contributed by atoms with Gasteiger partial charge >= 0.3 is 0 Å². The fourth-order valence-electron chi connectivity index (χ4n) is 2.96. The number of aryl methyl sites for hydroxylation is 1. The molecule has 0 saturated carbocycles. The van der Waals surface area contributed by atoms with Crippen molar-refractivity contribution in [2.75, 3.05) is 20.2 Å². The minimum atomic E-state index is 0.229. The topological polar surface area (TPSA) is 60.2 Å². The van der Waals surface area contributed by atoms with Gasteiger partial charge in [-0.1, -0.05) is 12.1 Å². The summed E-state index contributed by atoms with van der Waals surface area (Å²) in [5.74, 6) is 1.07. The Morgan fingerprint density at radius 2 is 1.83 bits per heavy atom. The average Bonchev–Trinajstić information content (AvgIpc) is 3.15. The predicted molar refractivity (Wildman–Crippen MR) is 86.2 cm³/mol. The maximum atomic E-state index is 12.4. The first kappa shape index (κ1) is 15.5. The SMILES string of the molecule is COc1ccc(CCC(=O)N2CCC(n3nccn3)CC2)cc1. The van der Waals surface area contributed by atoms with Crippen LogP contribution in [-0.2, 0) is 11.2 Å². The van der Waals surface area contributed by atoms with Gasteiger partial charge in [0, 0.05) is 19.5 Å². The first-order valence-electron chi connectivity index (χ1n) is 8.03. The average molecular weight is 314 g/mol. The molecule has 0 N–H and O–H groups in total. The Bertz CT molecular complexity index is 617. The Labute approximate surface area is 136 Å². The number of piperidine rings is 1. The number of carbonyl (C=O) groups excluding carboxylic acids is 1. The van der Waals surface area contributed by atoms with Crippen molar-refractivity contribution in [2.45, 2.75) is 31.7 Å². The van der Waals surface area contributed by atoms with Crippen LogP contribution >= 0.6 is 0 Å². The molecule has 0 atom stereocenters. The van der Waals surface area contributed by atoms with Crippen LogP contribution in [0.1, 0.15) is 30.9 Å². The number of rotatable bonds is 5. The fourth-order valence-corrected chi connectivity index (χ4v) is 2.96. The molecule has 23 heavy (non-hydrogen) atoms. The molecule has 1 saturated heterocycles. The molecule has 1 aromatic heterocycles. The Kier molecular flexibility index (Phi) is 4.90. The summed E-state index contributed by atoms with van der Waals surface area (Å²) >= 11 is 0. The first-order chi connectivity index (χ1) is 11.3. The molecule has 1 aliphatic heterocycles. The Balaban J connectivity index is 1.45. The van der Waals surface area contributed by atoms with E-state index >= 15 is 0 Å². The van der Waals surface area contributed by atoms with Crippen LogP contribution in [0.2, 0.25) is 0 Å². The van der Waals surface area contributed by atoms with Gasteiger partial charge in [-0.05, 0) is 37.0 Å². The van der Waals surface area contributed by atoms with Crippen molar-refractivity contribution in [3.8, 4) is 5.75 Å². The molecule has 1 amide bonds. The second-order valence-corrected chi connectivity index (χ2v) is 5.81. The second-order valence-electron chi connectivity index (χ2n) is 5.81. The zero-order chi connectivity index (χ0) is 16.1. The molecular formula is C17H22N4O2. The van der Waals surface area contributed by atoms with Gasteiger partial charge in [0.2, 0.25) is 5.91 Å². The van der Waals surface area contributed by atoms with Crippen molar-refractivity contribution < 1.29 is 9.53 Å². The standard InChI is InChI=1S/C17H22N4O2/c1-23-16-5-2-14(3-6-16)4-7-17(22)20-12-8-15(9-13-20)21-18-10-11-19-21/h2-3,5-6,10-11,15H,4,7-9,12-13H2,1H3. The summed E-state index contributed by atoms with van der Waals surface area (Å²) in [5.41, 5.74) is 1.16. The highest BCUT2D eigenvalue weighted by atomic mass is 16.5. The second kappa shape index (κ2) is 7.26. The highest BCUT2D eigenvalue weighted by molar-refractivity contribution is 5.76. The lowest BCUT2D eigenvalue weighted by molar-refractivity contribution is -0.132. The van der Waals surface area contributed by atoms with Crippen molar-refractivity contribution in [3.05, 3.63) is 42.2 Å². The van der Waals surface area contributed by atoms with E-state index in [0.717, 1.165) is 43.7 Å². The molecule has 0 bridgehead atoms. The summed E-state index contributed by atoms with van der Waals surface area (Å²) in [6, 6.07) is 8.21. The molecule has 0 aliphatic carbocycles. The van der Waals surface area contributed by atoms with Crippen LogP contribution in [0.15, 0.2) is 36.7 Å². The largest absolute Gasteiger partial charge is 0.497 e. The van der Waals surface area contributed by atoms with E-state index in [4.69, 9.17) is 4.74 Å². The maximum Gasteiger partial charge on any atom is 0.222 e. The van der Waals surface area contributed by atoms with E-state index in [1.165, 1.54) is 0 Å². The lowest BCUT2D eigenvalue weighted by Gasteiger charge is -2.31. The van der Waals surface area contributed by atoms with Crippen LogP contribution in [0.25, 0.3) is 0 Å². The summed E-state index contributed by atoms with van der Waals surface area (Å²) in [5, 5.41) is 8.38. The number of carbonyl (C=O) groups is 1. The number of likely N-dealkylation sites (tertiary alicyclic amines) is 1. The van der Waals surface area contributed by atoms with E-state index in [-0.39, 0.29) is 5.91 Å². The number of amides is 1. The number of aromatic nitrogens is 3. The normalized spacial score (nSPS) is 15.6. The number of hydrogen-bond donors (Lipinski definition) is 0. The van der Waals surface area contributed by atoms with E-state index < -0.39 is 0 Å². The predicted octanol–water partition coefficient (Wildman–Crippen LogP) is 2.08. The van der Waals surface area contributed by atoms with Gasteiger partial charge in [0.05, 0.1) is 25.5 Å². The summed E-state index contributed by atoms with van der Waals surface area (Å²) in [4.78, 5) is 16.1. The molecule has 6 nitrogen and oxygen atoms in total. The third kappa shape index (κ3) is 3.88. The van der Waals surface area contributed by atoms with Crippen LogP contribution < -0.4 is 4.74 Å². The van der Waals surface area contributed by atoms with E-state index in [1.807, 2.05) is 29.2 Å². The summed E-state index contributed by atoms with van der Waals surface area (Å²) < 4.78 is 5.14. The van der Waals surface area contributed by atoms with Crippen molar-refractivity contribution >= 4 is 5.91 Å². The molecule has 1 aromatic carbocycles. The molecule has 1 aliphatic rings. The molecule has 0 unspecified atom stereocenters. The van der Waals surface area contributed by atoms with Crippen LogP contribution in [-0.4, -0.2) is 46.0 Å². The zero-order valence-electron chi connectivity index (χ0n) is 13.4. The Hall–Kier alpha value is -2.37. The Morgan fingerprint density at radius 1 is 1.17 bits per heavy atom. The van der Waals surface area contributed by atoms with Crippen molar-refractivity contribution in [1.29, 1.82) is 0 Å². The van der Waals surface area contributed by atoms with Gasteiger partial charge in [-0.2, -0.15) is 15.0 Å². The molecule has 0 radical (unpaired) electrons. The number of ether oxygens (including phenoxy) is 1. The fraction of sp³-hybridized carbons (Fsp3) is 0.471. The van der Waals surface area contributed by atoms with E-state index in [2.05, 4.69) is 10.2 Å². The van der Waals surface area contributed by atoms with Gasteiger partial charge in [0.25, 0.3) is 0 Å². The smallest absolute Gasteiger partial charge is 0.222 e. The molecule has 122 valence electrons. The van der Waals surface area contributed by atoms with Crippen molar-refractivity contribution in [2.24, 2.45) is 0 Å². The number of hydrogen-bond acceptors (Lipinski definition) is 4. The van der Waals surface area contributed by atoms with E-state index in [9.17, 15) is 4.79 Å².